The molecular formula is C29H35FO4Si. The molecule has 0 bridgehead atoms. The van der Waals surface area contributed by atoms with E-state index in [4.69, 9.17) is 13.9 Å². The maximum absolute atomic E-state index is 13.1. The summed E-state index contributed by atoms with van der Waals surface area (Å²) < 4.78 is 31.9. The van der Waals surface area contributed by atoms with Gasteiger partial charge in [0.2, 0.25) is 0 Å². The summed E-state index contributed by atoms with van der Waals surface area (Å²) in [5.41, 5.74) is 0. The fourth-order valence-electron chi connectivity index (χ4n) is 4.99. The lowest BCUT2D eigenvalue weighted by Gasteiger charge is -2.43. The molecular weight excluding hydrogens is 459 g/mol. The summed E-state index contributed by atoms with van der Waals surface area (Å²) in [5.74, 6) is 0.286. The van der Waals surface area contributed by atoms with E-state index in [1.165, 1.54) is 22.5 Å². The summed E-state index contributed by atoms with van der Waals surface area (Å²) in [6, 6.07) is 27.0. The summed E-state index contributed by atoms with van der Waals surface area (Å²) in [5, 5.41) is 13.0. The van der Waals surface area contributed by atoms with Crippen LogP contribution < -0.4 is 15.1 Å². The van der Waals surface area contributed by atoms with Gasteiger partial charge in [-0.05, 0) is 46.1 Å². The van der Waals surface area contributed by atoms with Crippen LogP contribution in [0.15, 0.2) is 84.9 Å². The second-order valence-corrected chi connectivity index (χ2v) is 14.5. The van der Waals surface area contributed by atoms with Gasteiger partial charge in [0, 0.05) is 13.0 Å². The molecule has 0 spiro atoms. The zero-order valence-electron chi connectivity index (χ0n) is 20.7. The van der Waals surface area contributed by atoms with Crippen molar-refractivity contribution in [1.29, 1.82) is 0 Å². The Morgan fingerprint density at radius 2 is 1.49 bits per heavy atom. The van der Waals surface area contributed by atoms with Crippen molar-refractivity contribution in [1.82, 2.24) is 0 Å². The zero-order chi connectivity index (χ0) is 24.9. The predicted molar refractivity (Wildman–Crippen MR) is 139 cm³/mol. The first-order valence-corrected chi connectivity index (χ1v) is 14.2. The van der Waals surface area contributed by atoms with Crippen LogP contribution in [0, 0.1) is 5.82 Å². The van der Waals surface area contributed by atoms with E-state index >= 15 is 0 Å². The van der Waals surface area contributed by atoms with Gasteiger partial charge in [-0.3, -0.25) is 0 Å². The number of rotatable bonds is 9. The third kappa shape index (κ3) is 5.84. The average molecular weight is 495 g/mol. The average Bonchev–Trinajstić information content (AvgIpc) is 3.21. The minimum atomic E-state index is -2.62. The van der Waals surface area contributed by atoms with Crippen LogP contribution >= 0.6 is 0 Å². The van der Waals surface area contributed by atoms with Crippen molar-refractivity contribution >= 4 is 18.7 Å². The number of aliphatic hydroxyl groups excluding tert-OH is 1. The number of ether oxygens (including phenoxy) is 2. The van der Waals surface area contributed by atoms with E-state index in [9.17, 15) is 9.50 Å². The molecule has 0 aromatic heterocycles. The minimum Gasteiger partial charge on any atom is -0.491 e. The highest BCUT2D eigenvalue weighted by Gasteiger charge is 2.50. The molecule has 1 saturated heterocycles. The molecule has 1 heterocycles. The Hall–Kier alpha value is -2.51. The lowest BCUT2D eigenvalue weighted by atomic mass is 10.1. The van der Waals surface area contributed by atoms with Gasteiger partial charge in [0.05, 0.1) is 18.3 Å². The minimum absolute atomic E-state index is 0.101. The largest absolute Gasteiger partial charge is 0.491 e. The highest BCUT2D eigenvalue weighted by molar-refractivity contribution is 6.99. The van der Waals surface area contributed by atoms with Crippen LogP contribution in [-0.2, 0) is 9.16 Å². The van der Waals surface area contributed by atoms with E-state index in [0.717, 1.165) is 0 Å². The molecule has 6 heteroatoms. The zero-order valence-corrected chi connectivity index (χ0v) is 21.7. The number of hydrogen-bond acceptors (Lipinski definition) is 4. The molecule has 4 rings (SSSR count). The predicted octanol–water partition coefficient (Wildman–Crippen LogP) is 4.69. The SMILES string of the molecule is CC(C)(C)[Si](OCCC1O[C@H](COc2ccc(F)cc2)CC1O)(c1ccccc1)c1ccccc1. The summed E-state index contributed by atoms with van der Waals surface area (Å²) in [6.45, 7) is 7.56. The Labute approximate surface area is 208 Å². The Morgan fingerprint density at radius 1 is 0.914 bits per heavy atom. The van der Waals surface area contributed by atoms with Gasteiger partial charge < -0.3 is 19.0 Å². The van der Waals surface area contributed by atoms with Crippen molar-refractivity contribution < 1.29 is 23.4 Å². The maximum atomic E-state index is 13.1. The first-order valence-electron chi connectivity index (χ1n) is 12.3. The monoisotopic (exact) mass is 494 g/mol. The van der Waals surface area contributed by atoms with Gasteiger partial charge in [0.25, 0.3) is 8.32 Å². The Balaban J connectivity index is 1.43. The van der Waals surface area contributed by atoms with Gasteiger partial charge in [0.1, 0.15) is 18.2 Å². The number of hydrogen-bond donors (Lipinski definition) is 1. The van der Waals surface area contributed by atoms with E-state index in [1.807, 2.05) is 12.1 Å². The summed E-state index contributed by atoms with van der Waals surface area (Å²) in [7, 11) is -2.62. The molecule has 35 heavy (non-hydrogen) atoms. The summed E-state index contributed by atoms with van der Waals surface area (Å²) in [6.07, 6.45) is 0.00609. The smallest absolute Gasteiger partial charge is 0.261 e. The van der Waals surface area contributed by atoms with Crippen LogP contribution in [0.3, 0.4) is 0 Å². The van der Waals surface area contributed by atoms with Gasteiger partial charge in [-0.25, -0.2) is 4.39 Å². The number of halogens is 1. The number of benzene rings is 3. The van der Waals surface area contributed by atoms with E-state index in [1.54, 1.807) is 12.1 Å². The quantitative estimate of drug-likeness (QED) is 0.439. The van der Waals surface area contributed by atoms with Crippen LogP contribution in [0.4, 0.5) is 4.39 Å². The van der Waals surface area contributed by atoms with E-state index in [0.29, 0.717) is 31.8 Å². The molecule has 0 amide bonds. The molecule has 1 aliphatic heterocycles. The Morgan fingerprint density at radius 3 is 2.03 bits per heavy atom. The van der Waals surface area contributed by atoms with Crippen LogP contribution in [0.1, 0.15) is 33.6 Å². The molecule has 1 N–H and O–H groups in total. The van der Waals surface area contributed by atoms with Crippen molar-refractivity contribution in [2.45, 2.75) is 57.0 Å². The topological polar surface area (TPSA) is 47.9 Å². The third-order valence-electron chi connectivity index (χ3n) is 6.69. The molecule has 0 radical (unpaired) electrons. The van der Waals surface area contributed by atoms with Crippen molar-refractivity contribution in [2.75, 3.05) is 13.2 Å². The lowest BCUT2D eigenvalue weighted by Crippen LogP contribution is -2.66. The molecule has 1 fully saturated rings. The highest BCUT2D eigenvalue weighted by atomic mass is 28.4. The molecule has 186 valence electrons. The van der Waals surface area contributed by atoms with Gasteiger partial charge in [0.15, 0.2) is 0 Å². The first-order chi connectivity index (χ1) is 16.8. The van der Waals surface area contributed by atoms with Crippen LogP contribution in [0.25, 0.3) is 0 Å². The van der Waals surface area contributed by atoms with Crippen LogP contribution in [0.2, 0.25) is 5.04 Å². The molecule has 3 aromatic rings. The standard InChI is InChI=1S/C29H35FO4Si/c1-29(2,3)35(25-10-6-4-7-11-25,26-12-8-5-9-13-26)33-19-18-28-27(31)20-24(34-28)21-32-23-16-14-22(30)15-17-23/h4-17,24,27-28,31H,18-21H2,1-3H3/t24-,27?,28?/m0/s1. The van der Waals surface area contributed by atoms with E-state index in [2.05, 4.69) is 69.3 Å². The first kappa shape index (κ1) is 25.6. The normalized spacial score (nSPS) is 20.7. The maximum Gasteiger partial charge on any atom is 0.261 e. The molecule has 3 aromatic carbocycles. The van der Waals surface area contributed by atoms with Crippen LogP contribution in [0.5, 0.6) is 5.75 Å². The molecule has 0 saturated carbocycles. The summed E-state index contributed by atoms with van der Waals surface area (Å²) >= 11 is 0. The van der Waals surface area contributed by atoms with Crippen molar-refractivity contribution in [3.05, 3.63) is 90.7 Å². The van der Waals surface area contributed by atoms with Gasteiger partial charge in [-0.15, -0.1) is 0 Å². The Kier molecular flexibility index (Phi) is 8.07. The van der Waals surface area contributed by atoms with Gasteiger partial charge >= 0.3 is 0 Å². The van der Waals surface area contributed by atoms with E-state index in [-0.39, 0.29) is 23.1 Å². The summed E-state index contributed by atoms with van der Waals surface area (Å²) in [4.78, 5) is 0. The Bertz CT molecular complexity index is 1010. The molecule has 3 atom stereocenters. The van der Waals surface area contributed by atoms with Gasteiger partial charge in [-0.1, -0.05) is 81.4 Å². The number of aliphatic hydroxyl groups is 1. The fraction of sp³-hybridized carbons (Fsp3) is 0.379. The molecule has 0 aliphatic carbocycles. The van der Waals surface area contributed by atoms with Crippen LogP contribution in [-0.4, -0.2) is 44.9 Å². The lowest BCUT2D eigenvalue weighted by molar-refractivity contribution is -0.0155. The van der Waals surface area contributed by atoms with Gasteiger partial charge in [-0.2, -0.15) is 0 Å². The van der Waals surface area contributed by atoms with E-state index < -0.39 is 14.4 Å². The van der Waals surface area contributed by atoms with Crippen molar-refractivity contribution in [2.24, 2.45) is 0 Å². The molecule has 1 aliphatic rings. The molecule has 2 unspecified atom stereocenters. The fourth-order valence-corrected chi connectivity index (χ4v) is 9.57. The second-order valence-electron chi connectivity index (χ2n) is 10.2. The van der Waals surface area contributed by atoms with Crippen molar-refractivity contribution in [3.8, 4) is 5.75 Å². The van der Waals surface area contributed by atoms with Crippen molar-refractivity contribution in [3.63, 3.8) is 0 Å². The molecule has 4 nitrogen and oxygen atoms in total. The second kappa shape index (κ2) is 11.0. The highest BCUT2D eigenvalue weighted by Crippen LogP contribution is 2.37. The third-order valence-corrected chi connectivity index (χ3v) is 11.7.